The molecule has 1 aliphatic heterocycles. The van der Waals surface area contributed by atoms with Gasteiger partial charge in [0.05, 0.1) is 12.0 Å². The standard InChI is InChI=1S/C18H22N4O2/c1-12-13(2)22(11-19-12)16-8-6-15(7-9-16)20-18(24)17-5-4-10-21(17)14(3)23/h6-9,11,17H,4-5,10H2,1-3H3,(H,20,24)/t17-/m0/s1. The van der Waals surface area contributed by atoms with Crippen LogP contribution < -0.4 is 5.32 Å². The van der Waals surface area contributed by atoms with Crippen molar-refractivity contribution in [2.75, 3.05) is 11.9 Å². The number of amides is 2. The van der Waals surface area contributed by atoms with Crippen LogP contribution in [0.5, 0.6) is 0 Å². The summed E-state index contributed by atoms with van der Waals surface area (Å²) in [7, 11) is 0. The van der Waals surface area contributed by atoms with E-state index >= 15 is 0 Å². The molecule has 126 valence electrons. The lowest BCUT2D eigenvalue weighted by molar-refractivity contribution is -0.134. The van der Waals surface area contributed by atoms with Crippen molar-refractivity contribution in [3.05, 3.63) is 42.0 Å². The maximum Gasteiger partial charge on any atom is 0.247 e. The molecule has 24 heavy (non-hydrogen) atoms. The first-order valence-electron chi connectivity index (χ1n) is 8.16. The van der Waals surface area contributed by atoms with Crippen molar-refractivity contribution < 1.29 is 9.59 Å². The molecule has 3 rings (SSSR count). The Balaban J connectivity index is 1.71. The number of likely N-dealkylation sites (tertiary alicyclic amines) is 1. The molecule has 1 aromatic heterocycles. The largest absolute Gasteiger partial charge is 0.331 e. The van der Waals surface area contributed by atoms with E-state index in [4.69, 9.17) is 0 Å². The molecule has 2 amide bonds. The number of aryl methyl sites for hydroxylation is 1. The van der Waals surface area contributed by atoms with Crippen molar-refractivity contribution in [2.45, 2.75) is 39.7 Å². The molecule has 6 nitrogen and oxygen atoms in total. The number of carbonyl (C=O) groups is 2. The summed E-state index contributed by atoms with van der Waals surface area (Å²) in [5, 5.41) is 2.91. The molecular weight excluding hydrogens is 304 g/mol. The summed E-state index contributed by atoms with van der Waals surface area (Å²) < 4.78 is 2.01. The molecule has 0 bridgehead atoms. The van der Waals surface area contributed by atoms with Crippen LogP contribution in [0.2, 0.25) is 0 Å². The van der Waals surface area contributed by atoms with Crippen molar-refractivity contribution >= 4 is 17.5 Å². The maximum absolute atomic E-state index is 12.4. The molecule has 0 radical (unpaired) electrons. The van der Waals surface area contributed by atoms with E-state index in [1.807, 2.05) is 42.7 Å². The Morgan fingerprint density at radius 2 is 1.92 bits per heavy atom. The second-order valence-electron chi connectivity index (χ2n) is 6.19. The normalized spacial score (nSPS) is 17.1. The average Bonchev–Trinajstić information content (AvgIpc) is 3.17. The second-order valence-corrected chi connectivity index (χ2v) is 6.19. The summed E-state index contributed by atoms with van der Waals surface area (Å²) in [6.45, 7) is 6.17. The Labute approximate surface area is 141 Å². The first-order chi connectivity index (χ1) is 11.5. The molecule has 1 N–H and O–H groups in total. The lowest BCUT2D eigenvalue weighted by Gasteiger charge is -2.22. The van der Waals surface area contributed by atoms with Crippen LogP contribution >= 0.6 is 0 Å². The molecule has 2 heterocycles. The number of benzene rings is 1. The van der Waals surface area contributed by atoms with Gasteiger partial charge < -0.3 is 14.8 Å². The third kappa shape index (κ3) is 3.04. The predicted molar refractivity (Wildman–Crippen MR) is 92.1 cm³/mol. The molecule has 0 spiro atoms. The molecule has 0 unspecified atom stereocenters. The number of nitrogens with zero attached hydrogens (tertiary/aromatic N) is 3. The minimum Gasteiger partial charge on any atom is -0.331 e. The molecule has 0 aliphatic carbocycles. The van der Waals surface area contributed by atoms with Gasteiger partial charge in [0, 0.05) is 30.5 Å². The number of anilines is 1. The number of aromatic nitrogens is 2. The van der Waals surface area contributed by atoms with Gasteiger partial charge in [-0.25, -0.2) is 4.98 Å². The van der Waals surface area contributed by atoms with Gasteiger partial charge in [-0.05, 0) is 51.0 Å². The molecule has 1 aromatic carbocycles. The van der Waals surface area contributed by atoms with Gasteiger partial charge in [-0.3, -0.25) is 9.59 Å². The summed E-state index contributed by atoms with van der Waals surface area (Å²) in [5.74, 6) is -0.168. The number of nitrogens with one attached hydrogen (secondary N) is 1. The highest BCUT2D eigenvalue weighted by Gasteiger charge is 2.32. The van der Waals surface area contributed by atoms with Crippen molar-refractivity contribution in [1.29, 1.82) is 0 Å². The predicted octanol–water partition coefficient (Wildman–Crippen LogP) is 2.44. The van der Waals surface area contributed by atoms with Crippen molar-refractivity contribution in [1.82, 2.24) is 14.5 Å². The van der Waals surface area contributed by atoms with Gasteiger partial charge in [0.1, 0.15) is 6.04 Å². The molecule has 6 heteroatoms. The summed E-state index contributed by atoms with van der Waals surface area (Å²) >= 11 is 0. The number of hydrogen-bond donors (Lipinski definition) is 1. The van der Waals surface area contributed by atoms with Crippen LogP contribution in [0.3, 0.4) is 0 Å². The van der Waals surface area contributed by atoms with Crippen LogP contribution in [0.25, 0.3) is 5.69 Å². The van der Waals surface area contributed by atoms with Crippen LogP contribution in [0.1, 0.15) is 31.2 Å². The van der Waals surface area contributed by atoms with Crippen LogP contribution in [0, 0.1) is 13.8 Å². The van der Waals surface area contributed by atoms with E-state index in [1.54, 1.807) is 11.2 Å². The van der Waals surface area contributed by atoms with Gasteiger partial charge in [-0.1, -0.05) is 0 Å². The quantitative estimate of drug-likeness (QED) is 0.942. The molecule has 0 saturated carbocycles. The van der Waals surface area contributed by atoms with E-state index in [9.17, 15) is 9.59 Å². The molecule has 1 fully saturated rings. The summed E-state index contributed by atoms with van der Waals surface area (Å²) in [6, 6.07) is 7.27. The highest BCUT2D eigenvalue weighted by Crippen LogP contribution is 2.21. The van der Waals surface area contributed by atoms with Crippen LogP contribution in [0.15, 0.2) is 30.6 Å². The van der Waals surface area contributed by atoms with Gasteiger partial charge in [0.2, 0.25) is 11.8 Å². The molecular formula is C18H22N4O2. The topological polar surface area (TPSA) is 67.2 Å². The molecule has 2 aromatic rings. The van der Waals surface area contributed by atoms with E-state index < -0.39 is 0 Å². The molecule has 1 aliphatic rings. The van der Waals surface area contributed by atoms with Crippen molar-refractivity contribution in [3.63, 3.8) is 0 Å². The minimum absolute atomic E-state index is 0.0473. The zero-order chi connectivity index (χ0) is 17.3. The number of imidazole rings is 1. The van der Waals surface area contributed by atoms with E-state index in [0.29, 0.717) is 6.54 Å². The Bertz CT molecular complexity index is 764. The van der Waals surface area contributed by atoms with Crippen molar-refractivity contribution in [3.8, 4) is 5.69 Å². The Morgan fingerprint density at radius 3 is 2.50 bits per heavy atom. The van der Waals surface area contributed by atoms with E-state index in [0.717, 1.165) is 35.6 Å². The fraction of sp³-hybridized carbons (Fsp3) is 0.389. The third-order valence-corrected chi connectivity index (χ3v) is 4.62. The van der Waals surface area contributed by atoms with Crippen molar-refractivity contribution in [2.24, 2.45) is 0 Å². The molecule has 1 saturated heterocycles. The number of hydrogen-bond acceptors (Lipinski definition) is 3. The van der Waals surface area contributed by atoms with E-state index in [1.165, 1.54) is 6.92 Å². The number of carbonyl (C=O) groups excluding carboxylic acids is 2. The lowest BCUT2D eigenvalue weighted by atomic mass is 10.2. The van der Waals surface area contributed by atoms with Gasteiger partial charge in [-0.2, -0.15) is 0 Å². The lowest BCUT2D eigenvalue weighted by Crippen LogP contribution is -2.42. The summed E-state index contributed by atoms with van der Waals surface area (Å²) in [4.78, 5) is 29.9. The monoisotopic (exact) mass is 326 g/mol. The van der Waals surface area contributed by atoms with E-state index in [-0.39, 0.29) is 17.9 Å². The van der Waals surface area contributed by atoms with Crippen LogP contribution in [0.4, 0.5) is 5.69 Å². The Morgan fingerprint density at radius 1 is 1.21 bits per heavy atom. The zero-order valence-corrected chi connectivity index (χ0v) is 14.2. The van der Waals surface area contributed by atoms with Gasteiger partial charge in [0.15, 0.2) is 0 Å². The summed E-state index contributed by atoms with van der Waals surface area (Å²) in [5.41, 5.74) is 3.82. The highest BCUT2D eigenvalue weighted by atomic mass is 16.2. The smallest absolute Gasteiger partial charge is 0.247 e. The van der Waals surface area contributed by atoms with Gasteiger partial charge >= 0.3 is 0 Å². The van der Waals surface area contributed by atoms with Gasteiger partial charge in [0.25, 0.3) is 0 Å². The first-order valence-corrected chi connectivity index (χ1v) is 8.16. The first kappa shape index (κ1) is 16.2. The third-order valence-electron chi connectivity index (χ3n) is 4.62. The molecule has 1 atom stereocenters. The second kappa shape index (κ2) is 6.47. The Kier molecular flexibility index (Phi) is 4.38. The highest BCUT2D eigenvalue weighted by molar-refractivity contribution is 5.97. The average molecular weight is 326 g/mol. The fourth-order valence-electron chi connectivity index (χ4n) is 3.11. The van der Waals surface area contributed by atoms with E-state index in [2.05, 4.69) is 10.3 Å². The zero-order valence-electron chi connectivity index (χ0n) is 14.2. The minimum atomic E-state index is -0.360. The number of rotatable bonds is 3. The Hall–Kier alpha value is -2.63. The fourth-order valence-corrected chi connectivity index (χ4v) is 3.11. The maximum atomic E-state index is 12.4. The van der Waals surface area contributed by atoms with Gasteiger partial charge in [-0.15, -0.1) is 0 Å². The summed E-state index contributed by atoms with van der Waals surface area (Å²) in [6.07, 6.45) is 3.38. The van der Waals surface area contributed by atoms with Crippen LogP contribution in [-0.2, 0) is 9.59 Å². The SMILES string of the molecule is CC(=O)N1CCC[C@H]1C(=O)Nc1ccc(-n2cnc(C)c2C)cc1. The van der Waals surface area contributed by atoms with Crippen LogP contribution in [-0.4, -0.2) is 38.9 Å².